The maximum atomic E-state index is 11.5. The molecule has 162 valence electrons. The molecular formula is C24H38NO3P. The Morgan fingerprint density at radius 1 is 1.34 bits per heavy atom. The van der Waals surface area contributed by atoms with Crippen molar-refractivity contribution in [1.29, 1.82) is 0 Å². The number of fused-ring (bicyclic) bond motifs is 5. The van der Waals surface area contributed by atoms with E-state index >= 15 is 0 Å². The number of allylic oxidation sites excluding steroid dienone is 6. The molecule has 6 atom stereocenters. The number of carbonyl (C=O) groups excluding carboxylic acids is 1. The minimum absolute atomic E-state index is 0.171. The summed E-state index contributed by atoms with van der Waals surface area (Å²) in [5.74, 6) is 2.02. The van der Waals surface area contributed by atoms with Crippen LogP contribution in [0, 0.1) is 28.6 Å². The van der Waals surface area contributed by atoms with E-state index in [0.29, 0.717) is 17.8 Å². The lowest BCUT2D eigenvalue weighted by Gasteiger charge is -2.53. The van der Waals surface area contributed by atoms with Crippen molar-refractivity contribution in [3.8, 4) is 0 Å². The van der Waals surface area contributed by atoms with Crippen LogP contribution in [0.15, 0.2) is 35.2 Å². The second-order valence-corrected chi connectivity index (χ2v) is 11.2. The van der Waals surface area contributed by atoms with E-state index in [9.17, 15) is 14.3 Å². The molecule has 0 aromatic rings. The van der Waals surface area contributed by atoms with E-state index in [2.05, 4.69) is 38.2 Å². The van der Waals surface area contributed by atoms with Gasteiger partial charge in [0.1, 0.15) is 0 Å². The highest BCUT2D eigenvalue weighted by molar-refractivity contribution is 7.43. The molecule has 0 aliphatic heterocycles. The highest BCUT2D eigenvalue weighted by Gasteiger charge is 2.53. The summed E-state index contributed by atoms with van der Waals surface area (Å²) in [6.07, 6.45) is 19.1. The molecule has 0 aromatic carbocycles. The van der Waals surface area contributed by atoms with Gasteiger partial charge in [-0.05, 0) is 72.7 Å². The van der Waals surface area contributed by atoms with Crippen molar-refractivity contribution in [3.63, 3.8) is 0 Å². The Kier molecular flexibility index (Phi) is 6.95. The van der Waals surface area contributed by atoms with Crippen LogP contribution in [0.3, 0.4) is 0 Å². The van der Waals surface area contributed by atoms with Crippen molar-refractivity contribution < 1.29 is 14.3 Å². The highest BCUT2D eigenvalue weighted by atomic mass is 31.1. The molecule has 0 spiro atoms. The summed E-state index contributed by atoms with van der Waals surface area (Å²) >= 11 is 0. The van der Waals surface area contributed by atoms with Gasteiger partial charge in [0.15, 0.2) is 0 Å². The molecule has 0 heterocycles. The number of amides is 1. The summed E-state index contributed by atoms with van der Waals surface area (Å²) in [5, 5.41) is 0.776. The lowest BCUT2D eigenvalue weighted by Crippen LogP contribution is -2.45. The van der Waals surface area contributed by atoms with Gasteiger partial charge in [0.25, 0.3) is 0 Å². The smallest absolute Gasteiger partial charge is 0.217 e. The van der Waals surface area contributed by atoms with Gasteiger partial charge in [0, 0.05) is 11.7 Å². The first kappa shape index (κ1) is 22.6. The predicted molar refractivity (Wildman–Crippen MR) is 120 cm³/mol. The number of rotatable bonds is 4. The topological polar surface area (TPSA) is 80.4 Å². The third-order valence-electron chi connectivity index (χ3n) is 8.04. The molecule has 1 amide bonds. The fourth-order valence-electron chi connectivity index (χ4n) is 6.24. The van der Waals surface area contributed by atoms with Crippen LogP contribution >= 0.6 is 8.03 Å². The van der Waals surface area contributed by atoms with Crippen LogP contribution in [0.5, 0.6) is 0 Å². The Morgan fingerprint density at radius 3 is 2.72 bits per heavy atom. The Labute approximate surface area is 176 Å². The normalized spacial score (nSPS) is 38.4. The molecule has 29 heavy (non-hydrogen) atoms. The number of unbranched alkanes of at least 4 members (excludes halogenated alkanes) is 1. The molecule has 4 rings (SSSR count). The second-order valence-electron chi connectivity index (χ2n) is 9.91. The van der Waals surface area contributed by atoms with Crippen LogP contribution in [0.25, 0.3) is 0 Å². The Balaban J connectivity index is 0.000000298. The molecule has 4 nitrogen and oxygen atoms in total. The fourth-order valence-corrected chi connectivity index (χ4v) is 6.86. The first-order valence-corrected chi connectivity index (χ1v) is 12.7. The van der Waals surface area contributed by atoms with E-state index in [1.54, 1.807) is 0 Å². The fraction of sp³-hybridized carbons (Fsp3) is 0.708. The van der Waals surface area contributed by atoms with Crippen molar-refractivity contribution in [2.45, 2.75) is 78.6 Å². The maximum absolute atomic E-state index is 11.5. The average Bonchev–Trinajstić information content (AvgIpc) is 3.07. The molecule has 5 heteroatoms. The molecule has 1 fully saturated rings. The van der Waals surface area contributed by atoms with Gasteiger partial charge in [-0.3, -0.25) is 9.36 Å². The number of hydrogen-bond donors (Lipinski definition) is 2. The summed E-state index contributed by atoms with van der Waals surface area (Å²) in [5.41, 5.74) is 6.76. The highest BCUT2D eigenvalue weighted by Crippen LogP contribution is 2.62. The van der Waals surface area contributed by atoms with E-state index in [1.165, 1.54) is 24.8 Å². The first-order chi connectivity index (χ1) is 13.7. The summed E-state index contributed by atoms with van der Waals surface area (Å²) < 4.78 is 11.5. The van der Waals surface area contributed by atoms with Crippen LogP contribution < -0.4 is 5.73 Å². The monoisotopic (exact) mass is 419 g/mol. The van der Waals surface area contributed by atoms with Crippen molar-refractivity contribution >= 4 is 13.9 Å². The number of primary amides is 1. The Morgan fingerprint density at radius 2 is 2.10 bits per heavy atom. The van der Waals surface area contributed by atoms with Gasteiger partial charge in [-0.25, -0.2) is 0 Å². The van der Waals surface area contributed by atoms with Crippen LogP contribution in [-0.4, -0.2) is 10.8 Å². The van der Waals surface area contributed by atoms with Crippen LogP contribution in [0.4, 0.5) is 0 Å². The predicted octanol–water partition coefficient (Wildman–Crippen LogP) is 5.74. The van der Waals surface area contributed by atoms with Gasteiger partial charge in [0.05, 0.1) is 0 Å². The van der Waals surface area contributed by atoms with Crippen molar-refractivity contribution in [1.82, 2.24) is 0 Å². The summed E-state index contributed by atoms with van der Waals surface area (Å²) in [4.78, 5) is 19.5. The number of carbonyl (C=O) groups is 1. The van der Waals surface area contributed by atoms with Crippen LogP contribution in [-0.2, 0) is 9.36 Å². The molecule has 4 aliphatic rings. The Hall–Kier alpha value is -1.12. The summed E-state index contributed by atoms with van der Waals surface area (Å²) in [6, 6.07) is 0. The van der Waals surface area contributed by atoms with Gasteiger partial charge in [-0.2, -0.15) is 0 Å². The SMILES string of the molecule is CCCCC(N)=O.C[C@]12CCC([PH](=O)O)=CC1=CCC1C2C=C[C@]2(C)CCCC12. The molecule has 4 aliphatic carbocycles. The van der Waals surface area contributed by atoms with Crippen molar-refractivity contribution in [2.24, 2.45) is 34.3 Å². The van der Waals surface area contributed by atoms with Crippen molar-refractivity contribution in [3.05, 3.63) is 35.2 Å². The van der Waals surface area contributed by atoms with E-state index in [-0.39, 0.29) is 11.3 Å². The van der Waals surface area contributed by atoms with Gasteiger partial charge < -0.3 is 10.6 Å². The van der Waals surface area contributed by atoms with E-state index in [0.717, 1.165) is 49.3 Å². The number of nitrogens with two attached hydrogens (primary N) is 1. The largest absolute Gasteiger partial charge is 0.370 e. The zero-order valence-electron chi connectivity index (χ0n) is 18.2. The Bertz CT molecular complexity index is 755. The third-order valence-corrected chi connectivity index (χ3v) is 8.98. The second kappa shape index (κ2) is 8.94. The van der Waals surface area contributed by atoms with E-state index < -0.39 is 8.03 Å². The first-order valence-electron chi connectivity index (χ1n) is 11.3. The van der Waals surface area contributed by atoms with Crippen LogP contribution in [0.1, 0.15) is 78.6 Å². The summed E-state index contributed by atoms with van der Waals surface area (Å²) in [7, 11) is -2.51. The van der Waals surface area contributed by atoms with Gasteiger partial charge in [0.2, 0.25) is 13.9 Å². The van der Waals surface area contributed by atoms with Gasteiger partial charge in [-0.1, -0.05) is 57.9 Å². The van der Waals surface area contributed by atoms with Gasteiger partial charge in [-0.15, -0.1) is 0 Å². The molecule has 0 saturated heterocycles. The lowest BCUT2D eigenvalue weighted by molar-refractivity contribution is -0.118. The quantitative estimate of drug-likeness (QED) is 0.450. The molecule has 1 saturated carbocycles. The van der Waals surface area contributed by atoms with Crippen molar-refractivity contribution in [2.75, 3.05) is 0 Å². The molecule has 0 bridgehead atoms. The minimum atomic E-state index is -2.51. The third kappa shape index (κ3) is 4.49. The van der Waals surface area contributed by atoms with Gasteiger partial charge >= 0.3 is 0 Å². The van der Waals surface area contributed by atoms with E-state index in [1.807, 2.05) is 6.92 Å². The number of hydrogen-bond acceptors (Lipinski definition) is 2. The lowest BCUT2D eigenvalue weighted by atomic mass is 9.51. The molecular weight excluding hydrogens is 381 g/mol. The van der Waals surface area contributed by atoms with E-state index in [4.69, 9.17) is 5.73 Å². The molecule has 3 N–H and O–H groups in total. The zero-order chi connectivity index (χ0) is 21.2. The molecule has 0 aromatic heterocycles. The molecule has 0 radical (unpaired) electrons. The molecule has 4 unspecified atom stereocenters. The minimum Gasteiger partial charge on any atom is -0.370 e. The average molecular weight is 420 g/mol. The standard InChI is InChI=1S/C19H27O2P.C5H11NO/c1-18-9-3-4-16(18)15-6-5-13-12-14(22(20)21)7-11-19(13,2)17(15)8-10-18;1-2-3-4-5(6)7/h5,8,10,12,15-17,22H,3-4,6-7,9,11H2,1-2H3,(H,20,21);2-4H2,1H3,(H2,6,7)/t15?,16?,17?,18-,19-;/m0./s1. The van der Waals surface area contributed by atoms with Crippen LogP contribution in [0.2, 0.25) is 0 Å². The summed E-state index contributed by atoms with van der Waals surface area (Å²) in [6.45, 7) is 6.87. The zero-order valence-corrected chi connectivity index (χ0v) is 19.2. The maximum Gasteiger partial charge on any atom is 0.217 e.